The van der Waals surface area contributed by atoms with E-state index in [1.807, 2.05) is 0 Å². The summed E-state index contributed by atoms with van der Waals surface area (Å²) in [5, 5.41) is 1.67. The first-order chi connectivity index (χ1) is 12.7. The maximum atomic E-state index is 6.16. The Labute approximate surface area is 199 Å². The van der Waals surface area contributed by atoms with Crippen LogP contribution in [0.15, 0.2) is 51.0 Å². The summed E-state index contributed by atoms with van der Waals surface area (Å²) in [6, 6.07) is 10.2. The van der Waals surface area contributed by atoms with Gasteiger partial charge in [-0.1, -0.05) is 0 Å². The number of hydrogen-bond donors (Lipinski definition) is 0. The first kappa shape index (κ1) is 27.2. The molecule has 0 radical (unpaired) electrons. The SMILES string of the molecule is C[CH]=[Zr+2]([C]1=CC([Si](C)(C)CCO[Si](C)(C)C)=CC1)[CH]1C=Cc2ccccc21.[Cl-].[Cl-]. The Morgan fingerprint density at radius 2 is 1.79 bits per heavy atom. The topological polar surface area (TPSA) is 9.23 Å². The number of fused-ring (bicyclic) bond motifs is 1. The van der Waals surface area contributed by atoms with E-state index in [4.69, 9.17) is 4.43 Å². The predicted octanol–water partition coefficient (Wildman–Crippen LogP) is 0.516. The van der Waals surface area contributed by atoms with Gasteiger partial charge in [0.25, 0.3) is 0 Å². The molecule has 3 rings (SSSR count). The van der Waals surface area contributed by atoms with Gasteiger partial charge in [-0.15, -0.1) is 0 Å². The van der Waals surface area contributed by atoms with Crippen molar-refractivity contribution < 1.29 is 50.5 Å². The molecule has 0 fully saturated rings. The fraction of sp³-hybridized carbons (Fsp3) is 0.435. The maximum Gasteiger partial charge on any atom is -1.00 e. The average molecular weight is 545 g/mol. The first-order valence-corrected chi connectivity index (χ1v) is 20.9. The van der Waals surface area contributed by atoms with E-state index in [2.05, 4.69) is 91.9 Å². The summed E-state index contributed by atoms with van der Waals surface area (Å²) in [5.74, 6) is 0. The third-order valence-corrected chi connectivity index (χ3v) is 17.3. The molecule has 0 aromatic heterocycles. The van der Waals surface area contributed by atoms with Crippen LogP contribution in [-0.2, 0) is 25.7 Å². The van der Waals surface area contributed by atoms with Gasteiger partial charge in [0.15, 0.2) is 0 Å². The van der Waals surface area contributed by atoms with Gasteiger partial charge < -0.3 is 24.8 Å². The van der Waals surface area contributed by atoms with Gasteiger partial charge in [-0.2, -0.15) is 0 Å². The summed E-state index contributed by atoms with van der Waals surface area (Å²) in [6.45, 7) is 15.2. The minimum absolute atomic E-state index is 0. The van der Waals surface area contributed by atoms with Crippen molar-refractivity contribution in [1.29, 1.82) is 0 Å². The Kier molecular flexibility index (Phi) is 10.5. The van der Waals surface area contributed by atoms with Crippen molar-refractivity contribution >= 4 is 26.2 Å². The molecule has 0 heterocycles. The number of hydrogen-bond acceptors (Lipinski definition) is 1. The van der Waals surface area contributed by atoms with Crippen molar-refractivity contribution in [2.75, 3.05) is 6.61 Å². The Morgan fingerprint density at radius 1 is 1.10 bits per heavy atom. The molecule has 1 nitrogen and oxygen atoms in total. The molecule has 2 aliphatic rings. The minimum atomic E-state index is -1.80. The van der Waals surface area contributed by atoms with Crippen LogP contribution >= 0.6 is 0 Å². The van der Waals surface area contributed by atoms with Crippen LogP contribution in [0.5, 0.6) is 0 Å². The summed E-state index contributed by atoms with van der Waals surface area (Å²) >= 11 is -1.80. The van der Waals surface area contributed by atoms with Crippen LogP contribution < -0.4 is 24.8 Å². The molecule has 2 aliphatic carbocycles. The largest absolute Gasteiger partial charge is 1.00 e. The Morgan fingerprint density at radius 3 is 2.45 bits per heavy atom. The molecule has 0 saturated heterocycles. The van der Waals surface area contributed by atoms with Crippen LogP contribution in [-0.4, -0.2) is 26.7 Å². The van der Waals surface area contributed by atoms with Gasteiger partial charge in [0.1, 0.15) is 0 Å². The van der Waals surface area contributed by atoms with E-state index in [9.17, 15) is 0 Å². The van der Waals surface area contributed by atoms with Crippen LogP contribution in [0.2, 0.25) is 38.8 Å². The number of rotatable bonds is 7. The predicted molar refractivity (Wildman–Crippen MR) is 122 cm³/mol. The molecule has 1 aromatic rings. The molecule has 1 atom stereocenters. The van der Waals surface area contributed by atoms with Crippen molar-refractivity contribution in [3.8, 4) is 0 Å². The van der Waals surface area contributed by atoms with E-state index in [0.29, 0.717) is 3.63 Å². The van der Waals surface area contributed by atoms with E-state index in [0.717, 1.165) is 6.61 Å². The molecular formula is C23H34Cl2OSi2Zr. The van der Waals surface area contributed by atoms with Crippen molar-refractivity contribution in [3.63, 3.8) is 0 Å². The fourth-order valence-electron chi connectivity index (χ4n) is 4.04. The van der Waals surface area contributed by atoms with Crippen molar-refractivity contribution in [1.82, 2.24) is 0 Å². The molecule has 0 saturated carbocycles. The molecule has 0 spiro atoms. The van der Waals surface area contributed by atoms with E-state index in [1.165, 1.54) is 18.0 Å². The smallest absolute Gasteiger partial charge is 1.00 e. The van der Waals surface area contributed by atoms with Crippen molar-refractivity contribution in [2.24, 2.45) is 0 Å². The van der Waals surface area contributed by atoms with Crippen LogP contribution in [0.3, 0.4) is 0 Å². The zero-order valence-corrected chi connectivity index (χ0v) is 24.5. The average Bonchev–Trinajstić information content (AvgIpc) is 3.23. The second-order valence-electron chi connectivity index (χ2n) is 9.34. The molecule has 158 valence electrons. The van der Waals surface area contributed by atoms with Gasteiger partial charge in [0.05, 0.1) is 0 Å². The summed E-state index contributed by atoms with van der Waals surface area (Å²) in [7, 11) is -2.80. The van der Waals surface area contributed by atoms with Crippen LogP contribution in [0.25, 0.3) is 6.08 Å². The van der Waals surface area contributed by atoms with E-state index in [-0.39, 0.29) is 24.8 Å². The molecule has 0 bridgehead atoms. The van der Waals surface area contributed by atoms with Gasteiger partial charge >= 0.3 is 176 Å². The molecule has 0 amide bonds. The second-order valence-corrected chi connectivity index (χ2v) is 25.5. The molecular weight excluding hydrogens is 511 g/mol. The summed E-state index contributed by atoms with van der Waals surface area (Å²) in [6.07, 6.45) is 11.2. The van der Waals surface area contributed by atoms with Crippen LogP contribution in [0, 0.1) is 0 Å². The standard InChI is InChI=1S/C12H23OSi2.C9H7.C2H4.2ClH.Zr/c1-14(2,3)13-10-11-15(4,5)12-8-6-7-9-12;1-2-5-9-7-3-6-8(9)4-1;1-2;;;/h8-9H,6,10-11H2,1-5H3;1-7H;1H,2H3;2*1H;/q;;;;;+2/p-2. The minimum Gasteiger partial charge on any atom is -1.00 e. The van der Waals surface area contributed by atoms with Crippen molar-refractivity contribution in [3.05, 3.63) is 62.1 Å². The molecule has 6 heteroatoms. The quantitative estimate of drug-likeness (QED) is 0.455. The Balaban J connectivity index is 0.00000210. The summed E-state index contributed by atoms with van der Waals surface area (Å²) in [5.41, 5.74) is 3.01. The van der Waals surface area contributed by atoms with E-state index < -0.39 is 37.7 Å². The maximum absolute atomic E-state index is 6.16. The summed E-state index contributed by atoms with van der Waals surface area (Å²) in [4.78, 5) is 0. The van der Waals surface area contributed by atoms with E-state index >= 15 is 0 Å². The second kappa shape index (κ2) is 11.2. The van der Waals surface area contributed by atoms with E-state index in [1.54, 1.807) is 14.0 Å². The monoisotopic (exact) mass is 542 g/mol. The van der Waals surface area contributed by atoms with Gasteiger partial charge in [-0.3, -0.25) is 0 Å². The van der Waals surface area contributed by atoms with Crippen molar-refractivity contribution in [2.45, 2.75) is 55.7 Å². The number of allylic oxidation sites excluding steroid dienone is 5. The molecule has 1 aromatic carbocycles. The third kappa shape index (κ3) is 6.82. The van der Waals surface area contributed by atoms with Gasteiger partial charge in [-0.05, 0) is 0 Å². The van der Waals surface area contributed by atoms with Crippen LogP contribution in [0.4, 0.5) is 0 Å². The summed E-state index contributed by atoms with van der Waals surface area (Å²) < 4.78 is 11.2. The zero-order chi connectivity index (χ0) is 19.7. The fourth-order valence-corrected chi connectivity index (χ4v) is 14.0. The third-order valence-electron chi connectivity index (χ3n) is 5.73. The Hall–Kier alpha value is 0.167. The Bertz CT molecular complexity index is 836. The molecule has 0 N–H and O–H groups in total. The molecule has 29 heavy (non-hydrogen) atoms. The zero-order valence-electron chi connectivity index (χ0n) is 18.6. The van der Waals surface area contributed by atoms with Gasteiger partial charge in [0.2, 0.25) is 0 Å². The number of halogens is 2. The molecule has 1 unspecified atom stereocenters. The number of benzene rings is 1. The first-order valence-electron chi connectivity index (χ1n) is 10.2. The van der Waals surface area contributed by atoms with Crippen LogP contribution in [0.1, 0.15) is 28.1 Å². The molecule has 0 aliphatic heterocycles. The van der Waals surface area contributed by atoms with Gasteiger partial charge in [0, 0.05) is 0 Å². The normalized spacial score (nSPS) is 17.9. The van der Waals surface area contributed by atoms with Gasteiger partial charge in [-0.25, -0.2) is 0 Å².